The maximum absolute atomic E-state index is 13.0. The molecule has 3 nitrogen and oxygen atoms in total. The van der Waals surface area contributed by atoms with E-state index in [0.717, 1.165) is 50.1 Å². The number of thioether (sulfide) groups is 1. The van der Waals surface area contributed by atoms with Crippen molar-refractivity contribution in [2.24, 2.45) is 0 Å². The summed E-state index contributed by atoms with van der Waals surface area (Å²) in [4.78, 5) is 15.3. The Balaban J connectivity index is 1.68. The minimum atomic E-state index is -0.0524. The summed E-state index contributed by atoms with van der Waals surface area (Å²) in [7, 11) is 0. The fourth-order valence-corrected chi connectivity index (χ4v) is 6.03. The van der Waals surface area contributed by atoms with Gasteiger partial charge in [-0.1, -0.05) is 109 Å². The molecule has 3 aliphatic rings. The molecule has 2 aliphatic heterocycles. The Labute approximate surface area is 213 Å². The SMILES string of the molecule is CCN1C(=O)/C(=C/c2c3oc(-c4ccccc4)cc(-c4ccccc4)c-3c3ccccc23)SC1=S. The first-order valence-corrected chi connectivity index (χ1v) is 12.7. The van der Waals surface area contributed by atoms with Crippen LogP contribution in [0.1, 0.15) is 12.5 Å². The first kappa shape index (κ1) is 21.8. The quantitative estimate of drug-likeness (QED) is 0.188. The number of hydrogen-bond donors (Lipinski definition) is 0. The largest absolute Gasteiger partial charge is 0.455 e. The average Bonchev–Trinajstić information content (AvgIpc) is 3.37. The van der Waals surface area contributed by atoms with E-state index in [1.54, 1.807) is 4.90 Å². The molecule has 0 unspecified atom stereocenters. The molecule has 3 aromatic carbocycles. The van der Waals surface area contributed by atoms with Gasteiger partial charge in [-0.3, -0.25) is 9.69 Å². The zero-order valence-electron chi connectivity index (χ0n) is 19.0. The molecule has 0 atom stereocenters. The van der Waals surface area contributed by atoms with Gasteiger partial charge in [0.05, 0.1) is 4.91 Å². The van der Waals surface area contributed by atoms with E-state index in [2.05, 4.69) is 42.5 Å². The molecule has 0 aromatic heterocycles. The third-order valence-electron chi connectivity index (χ3n) is 6.32. The van der Waals surface area contributed by atoms with Crippen LogP contribution in [0.5, 0.6) is 0 Å². The highest BCUT2D eigenvalue weighted by atomic mass is 32.2. The van der Waals surface area contributed by atoms with Crippen LogP contribution in [0.4, 0.5) is 0 Å². The molecule has 1 aliphatic carbocycles. The highest BCUT2D eigenvalue weighted by Crippen LogP contribution is 2.48. The van der Waals surface area contributed by atoms with Crippen molar-refractivity contribution in [2.75, 3.05) is 6.54 Å². The number of carbonyl (C=O) groups is 1. The van der Waals surface area contributed by atoms with Gasteiger partial charge < -0.3 is 4.42 Å². The first-order chi connectivity index (χ1) is 17.2. The van der Waals surface area contributed by atoms with Crippen LogP contribution in [0.2, 0.25) is 0 Å². The average molecular weight is 492 g/mol. The molecular weight excluding hydrogens is 470 g/mol. The summed E-state index contributed by atoms with van der Waals surface area (Å²) < 4.78 is 7.23. The lowest BCUT2D eigenvalue weighted by Crippen LogP contribution is -2.27. The zero-order chi connectivity index (χ0) is 23.9. The molecule has 0 bridgehead atoms. The molecule has 1 fully saturated rings. The zero-order valence-corrected chi connectivity index (χ0v) is 20.7. The number of nitrogens with zero attached hydrogens (tertiary/aromatic N) is 1. The third kappa shape index (κ3) is 3.68. The van der Waals surface area contributed by atoms with Crippen LogP contribution in [0.25, 0.3) is 50.6 Å². The van der Waals surface area contributed by atoms with E-state index < -0.39 is 0 Å². The summed E-state index contributed by atoms with van der Waals surface area (Å²) in [5, 5.41) is 2.15. The van der Waals surface area contributed by atoms with Crippen LogP contribution >= 0.6 is 24.0 Å². The Hall–Kier alpha value is -3.67. The predicted octanol–water partition coefficient (Wildman–Crippen LogP) is 8.09. The minimum Gasteiger partial charge on any atom is -0.455 e. The summed E-state index contributed by atoms with van der Waals surface area (Å²) >= 11 is 6.80. The second-order valence-electron chi connectivity index (χ2n) is 8.35. The second-order valence-corrected chi connectivity index (χ2v) is 10.0. The van der Waals surface area contributed by atoms with Crippen molar-refractivity contribution >= 4 is 51.1 Å². The van der Waals surface area contributed by atoms with Crippen molar-refractivity contribution in [1.29, 1.82) is 0 Å². The standard InChI is InChI=1S/C30H21NO2S2/c1-2-31-29(32)26(35-30(31)34)18-24-21-15-9-10-16-22(21)27-23(19-11-5-3-6-12-19)17-25(33-28(24)27)20-13-7-4-8-14-20/h3-18H,2H2,1H3/b26-18-. The van der Waals surface area contributed by atoms with Crippen LogP contribution in [0, 0.1) is 0 Å². The Bertz CT molecular complexity index is 1590. The van der Waals surface area contributed by atoms with Gasteiger partial charge in [-0.2, -0.15) is 0 Å². The first-order valence-electron chi connectivity index (χ1n) is 11.5. The fourth-order valence-electron chi connectivity index (χ4n) is 4.67. The highest BCUT2D eigenvalue weighted by Gasteiger charge is 2.32. The summed E-state index contributed by atoms with van der Waals surface area (Å²) in [6, 6.07) is 30.9. The lowest BCUT2D eigenvalue weighted by atomic mass is 9.96. The number of rotatable bonds is 4. The lowest BCUT2D eigenvalue weighted by molar-refractivity contribution is -0.121. The highest BCUT2D eigenvalue weighted by molar-refractivity contribution is 8.26. The normalized spacial score (nSPS) is 15.1. The van der Waals surface area contributed by atoms with Crippen LogP contribution in [0.3, 0.4) is 0 Å². The van der Waals surface area contributed by atoms with E-state index >= 15 is 0 Å². The number of amides is 1. The number of thiocarbonyl (C=S) groups is 1. The van der Waals surface area contributed by atoms with Crippen molar-refractivity contribution in [1.82, 2.24) is 4.90 Å². The number of hydrogen-bond acceptors (Lipinski definition) is 4. The van der Waals surface area contributed by atoms with Gasteiger partial charge in [0.1, 0.15) is 15.8 Å². The Morgan fingerprint density at radius 3 is 2.17 bits per heavy atom. The molecule has 0 spiro atoms. The molecule has 0 N–H and O–H groups in total. The summed E-state index contributed by atoms with van der Waals surface area (Å²) in [5.74, 6) is 1.50. The van der Waals surface area contributed by atoms with E-state index in [1.165, 1.54) is 11.8 Å². The third-order valence-corrected chi connectivity index (χ3v) is 7.70. The summed E-state index contributed by atoms with van der Waals surface area (Å²) in [6.45, 7) is 2.50. The van der Waals surface area contributed by atoms with E-state index in [9.17, 15) is 4.79 Å². The minimum absolute atomic E-state index is 0.0524. The van der Waals surface area contributed by atoms with Gasteiger partial charge in [0.15, 0.2) is 0 Å². The molecule has 35 heavy (non-hydrogen) atoms. The molecule has 3 aromatic rings. The Morgan fingerprint density at radius 2 is 1.51 bits per heavy atom. The van der Waals surface area contributed by atoms with Crippen molar-refractivity contribution in [3.05, 3.63) is 101 Å². The molecule has 0 saturated carbocycles. The van der Waals surface area contributed by atoms with Gasteiger partial charge in [0.2, 0.25) is 0 Å². The smallest absolute Gasteiger partial charge is 0.266 e. The fraction of sp³-hybridized carbons (Fsp3) is 0.0667. The Morgan fingerprint density at radius 1 is 0.886 bits per heavy atom. The van der Waals surface area contributed by atoms with Crippen molar-refractivity contribution < 1.29 is 9.21 Å². The topological polar surface area (TPSA) is 33.5 Å². The van der Waals surface area contributed by atoms with Crippen molar-refractivity contribution in [2.45, 2.75) is 6.92 Å². The monoisotopic (exact) mass is 491 g/mol. The molecule has 2 heterocycles. The van der Waals surface area contributed by atoms with E-state index in [-0.39, 0.29) is 5.91 Å². The molecule has 170 valence electrons. The maximum atomic E-state index is 13.0. The van der Waals surface area contributed by atoms with Crippen LogP contribution in [-0.2, 0) is 4.79 Å². The van der Waals surface area contributed by atoms with Gasteiger partial charge in [-0.05, 0) is 41.0 Å². The van der Waals surface area contributed by atoms with Crippen molar-refractivity contribution in [3.8, 4) is 33.8 Å². The second kappa shape index (κ2) is 8.84. The van der Waals surface area contributed by atoms with Crippen molar-refractivity contribution in [3.63, 3.8) is 0 Å². The van der Waals surface area contributed by atoms with Crippen LogP contribution < -0.4 is 0 Å². The van der Waals surface area contributed by atoms with E-state index in [0.29, 0.717) is 15.8 Å². The molecule has 5 heteroatoms. The lowest BCUT2D eigenvalue weighted by Gasteiger charge is -2.13. The van der Waals surface area contributed by atoms with Gasteiger partial charge >= 0.3 is 0 Å². The molecular formula is C30H21NO2S2. The van der Waals surface area contributed by atoms with Crippen LogP contribution in [-0.4, -0.2) is 21.7 Å². The van der Waals surface area contributed by atoms with Crippen LogP contribution in [0.15, 0.2) is 100 Å². The maximum Gasteiger partial charge on any atom is 0.266 e. The van der Waals surface area contributed by atoms with Gasteiger partial charge in [0, 0.05) is 23.2 Å². The number of fused-ring (bicyclic) bond motifs is 3. The summed E-state index contributed by atoms with van der Waals surface area (Å²) in [5.41, 5.74) is 5.17. The van der Waals surface area contributed by atoms with Gasteiger partial charge in [0.25, 0.3) is 5.91 Å². The van der Waals surface area contributed by atoms with Gasteiger partial charge in [-0.25, -0.2) is 0 Å². The predicted molar refractivity (Wildman–Crippen MR) is 149 cm³/mol. The number of benzene rings is 3. The molecule has 1 amide bonds. The molecule has 0 radical (unpaired) electrons. The van der Waals surface area contributed by atoms with Gasteiger partial charge in [-0.15, -0.1) is 0 Å². The number of carbonyl (C=O) groups excluding carboxylic acids is 1. The summed E-state index contributed by atoms with van der Waals surface area (Å²) in [6.07, 6.45) is 1.95. The number of likely N-dealkylation sites (N-methyl/N-ethyl adjacent to an activating group) is 1. The Kier molecular flexibility index (Phi) is 5.51. The van der Waals surface area contributed by atoms with E-state index in [4.69, 9.17) is 16.6 Å². The molecule has 6 rings (SSSR count). The van der Waals surface area contributed by atoms with E-state index in [1.807, 2.05) is 61.5 Å². The molecule has 1 saturated heterocycles.